The fourth-order valence-corrected chi connectivity index (χ4v) is 3.73. The fourth-order valence-electron chi connectivity index (χ4n) is 3.73. The van der Waals surface area contributed by atoms with Crippen LogP contribution >= 0.6 is 0 Å². The molecule has 5 rings (SSSR count). The van der Waals surface area contributed by atoms with Crippen molar-refractivity contribution in [3.8, 4) is 11.8 Å². The van der Waals surface area contributed by atoms with E-state index in [-0.39, 0.29) is 11.5 Å². The van der Waals surface area contributed by atoms with Gasteiger partial charge in [0.25, 0.3) is 5.91 Å². The molecule has 1 amide bonds. The van der Waals surface area contributed by atoms with E-state index in [1.54, 1.807) is 23.2 Å². The molecule has 32 heavy (non-hydrogen) atoms. The van der Waals surface area contributed by atoms with Crippen LogP contribution in [0.1, 0.15) is 21.6 Å². The highest BCUT2D eigenvalue weighted by molar-refractivity contribution is 5.95. The summed E-state index contributed by atoms with van der Waals surface area (Å²) >= 11 is 0. The first kappa shape index (κ1) is 19.8. The molecule has 0 N–H and O–H groups in total. The molecule has 2 aromatic carbocycles. The number of hydrogen-bond acceptors (Lipinski definition) is 5. The Morgan fingerprint density at radius 3 is 2.59 bits per heavy atom. The van der Waals surface area contributed by atoms with Gasteiger partial charge in [-0.3, -0.25) is 4.79 Å². The third-order valence-corrected chi connectivity index (χ3v) is 5.43. The van der Waals surface area contributed by atoms with Crippen LogP contribution in [0.2, 0.25) is 0 Å². The van der Waals surface area contributed by atoms with E-state index in [9.17, 15) is 9.18 Å². The van der Waals surface area contributed by atoms with Crippen molar-refractivity contribution in [3.63, 3.8) is 0 Å². The summed E-state index contributed by atoms with van der Waals surface area (Å²) < 4.78 is 19.6. The molecular weight excluding hydrogens is 407 g/mol. The third-order valence-electron chi connectivity index (χ3n) is 5.43. The van der Waals surface area contributed by atoms with Crippen LogP contribution in [0, 0.1) is 17.7 Å². The Morgan fingerprint density at radius 2 is 1.78 bits per heavy atom. The van der Waals surface area contributed by atoms with Crippen LogP contribution in [-0.4, -0.2) is 47.1 Å². The normalized spacial score (nSPS) is 13.7. The number of carbonyl (C=O) groups is 1. The molecule has 4 aromatic rings. The van der Waals surface area contributed by atoms with Crippen LogP contribution in [0.5, 0.6) is 0 Å². The highest BCUT2D eigenvalue weighted by Gasteiger charge is 2.25. The summed E-state index contributed by atoms with van der Waals surface area (Å²) in [5.74, 6) is 5.80. The molecule has 0 radical (unpaired) electrons. The number of benzene rings is 2. The molecule has 1 fully saturated rings. The Morgan fingerprint density at radius 1 is 0.969 bits per heavy atom. The largest absolute Gasteiger partial charge is 0.354 e. The summed E-state index contributed by atoms with van der Waals surface area (Å²) in [6.07, 6.45) is 1.63. The standard InChI is InChI=1S/C25H19FN4O2/c26-22-11-9-19(17-18(22)8-10-20-5-3-4-12-27-20)25(31)30-15-13-29(14-16-30)24-21-6-1-2-7-23(21)32-28-24/h1-7,9,11-12,17H,13-16H2. The number of para-hydroxylation sites is 1. The van der Waals surface area contributed by atoms with E-state index >= 15 is 0 Å². The van der Waals surface area contributed by atoms with Gasteiger partial charge in [0.1, 0.15) is 11.5 Å². The lowest BCUT2D eigenvalue weighted by atomic mass is 10.1. The molecule has 0 aliphatic carbocycles. The van der Waals surface area contributed by atoms with E-state index in [0.29, 0.717) is 37.4 Å². The highest BCUT2D eigenvalue weighted by atomic mass is 19.1. The molecular formula is C25H19FN4O2. The number of anilines is 1. The lowest BCUT2D eigenvalue weighted by Gasteiger charge is -2.34. The maximum atomic E-state index is 14.2. The number of amides is 1. The van der Waals surface area contributed by atoms with E-state index in [0.717, 1.165) is 16.8 Å². The molecule has 158 valence electrons. The van der Waals surface area contributed by atoms with Crippen LogP contribution in [0.15, 0.2) is 71.4 Å². The Labute approximate surface area is 184 Å². The summed E-state index contributed by atoms with van der Waals surface area (Å²) in [7, 11) is 0. The second-order valence-electron chi connectivity index (χ2n) is 7.44. The van der Waals surface area contributed by atoms with Gasteiger partial charge in [0.2, 0.25) is 0 Å². The van der Waals surface area contributed by atoms with Crippen molar-refractivity contribution in [2.24, 2.45) is 0 Å². The summed E-state index contributed by atoms with van der Waals surface area (Å²) in [6, 6.07) is 17.4. The molecule has 3 heterocycles. The number of halogens is 1. The Kier molecular flexibility index (Phi) is 5.26. The number of fused-ring (bicyclic) bond motifs is 1. The predicted octanol–water partition coefficient (Wildman–Crippen LogP) is 3.72. The van der Waals surface area contributed by atoms with E-state index < -0.39 is 5.82 Å². The van der Waals surface area contributed by atoms with Gasteiger partial charge < -0.3 is 14.3 Å². The maximum Gasteiger partial charge on any atom is 0.254 e. The smallest absolute Gasteiger partial charge is 0.254 e. The quantitative estimate of drug-likeness (QED) is 0.457. The molecule has 1 saturated heterocycles. The van der Waals surface area contributed by atoms with Gasteiger partial charge in [0.05, 0.1) is 10.9 Å². The third kappa shape index (κ3) is 3.91. The van der Waals surface area contributed by atoms with Crippen molar-refractivity contribution in [2.45, 2.75) is 0 Å². The van der Waals surface area contributed by atoms with Gasteiger partial charge in [-0.1, -0.05) is 29.3 Å². The van der Waals surface area contributed by atoms with Crippen molar-refractivity contribution in [2.75, 3.05) is 31.1 Å². The average molecular weight is 426 g/mol. The first-order chi connectivity index (χ1) is 15.7. The zero-order valence-corrected chi connectivity index (χ0v) is 17.2. The van der Waals surface area contributed by atoms with Crippen molar-refractivity contribution in [1.82, 2.24) is 15.0 Å². The monoisotopic (exact) mass is 426 g/mol. The van der Waals surface area contributed by atoms with Crippen LogP contribution in [-0.2, 0) is 0 Å². The van der Waals surface area contributed by atoms with Crippen molar-refractivity contribution < 1.29 is 13.7 Å². The van der Waals surface area contributed by atoms with Gasteiger partial charge in [0.15, 0.2) is 11.4 Å². The van der Waals surface area contributed by atoms with Gasteiger partial charge in [-0.2, -0.15) is 0 Å². The van der Waals surface area contributed by atoms with Gasteiger partial charge in [-0.15, -0.1) is 0 Å². The summed E-state index contributed by atoms with van der Waals surface area (Å²) in [5.41, 5.74) is 1.87. The van der Waals surface area contributed by atoms with E-state index in [2.05, 4.69) is 26.9 Å². The van der Waals surface area contributed by atoms with Gasteiger partial charge in [-0.25, -0.2) is 9.37 Å². The minimum atomic E-state index is -0.465. The molecule has 0 atom stereocenters. The van der Waals surface area contributed by atoms with E-state index in [1.807, 2.05) is 30.3 Å². The first-order valence-electron chi connectivity index (χ1n) is 10.3. The number of hydrogen-bond donors (Lipinski definition) is 0. The first-order valence-corrected chi connectivity index (χ1v) is 10.3. The van der Waals surface area contributed by atoms with Gasteiger partial charge in [-0.05, 0) is 48.4 Å². The lowest BCUT2D eigenvalue weighted by Crippen LogP contribution is -2.49. The highest BCUT2D eigenvalue weighted by Crippen LogP contribution is 2.26. The number of pyridine rings is 1. The molecule has 6 nitrogen and oxygen atoms in total. The summed E-state index contributed by atoms with van der Waals surface area (Å²) in [4.78, 5) is 21.0. The molecule has 1 aliphatic heterocycles. The van der Waals surface area contributed by atoms with Gasteiger partial charge >= 0.3 is 0 Å². The summed E-state index contributed by atoms with van der Waals surface area (Å²) in [5, 5.41) is 5.16. The minimum Gasteiger partial charge on any atom is -0.354 e. The molecule has 0 saturated carbocycles. The molecule has 0 unspecified atom stereocenters. The number of carbonyl (C=O) groups excluding carboxylic acids is 1. The zero-order valence-electron chi connectivity index (χ0n) is 17.2. The van der Waals surface area contributed by atoms with E-state index in [4.69, 9.17) is 4.52 Å². The number of piperazine rings is 1. The van der Waals surface area contributed by atoms with Crippen LogP contribution in [0.3, 0.4) is 0 Å². The number of aromatic nitrogens is 2. The van der Waals surface area contributed by atoms with E-state index in [1.165, 1.54) is 18.2 Å². The van der Waals surface area contributed by atoms with Crippen molar-refractivity contribution in [1.29, 1.82) is 0 Å². The second kappa shape index (κ2) is 8.52. The average Bonchev–Trinajstić information content (AvgIpc) is 3.28. The topological polar surface area (TPSA) is 62.5 Å². The lowest BCUT2D eigenvalue weighted by molar-refractivity contribution is 0.0746. The Bertz CT molecular complexity index is 1330. The molecule has 0 bridgehead atoms. The Hall–Kier alpha value is -4.18. The molecule has 2 aromatic heterocycles. The predicted molar refractivity (Wildman–Crippen MR) is 119 cm³/mol. The summed E-state index contributed by atoms with van der Waals surface area (Å²) in [6.45, 7) is 2.34. The van der Waals surface area contributed by atoms with Crippen molar-refractivity contribution >= 4 is 22.7 Å². The Balaban J connectivity index is 1.30. The van der Waals surface area contributed by atoms with Crippen LogP contribution in [0.4, 0.5) is 10.2 Å². The van der Waals surface area contributed by atoms with Gasteiger partial charge in [0, 0.05) is 37.9 Å². The molecule has 1 aliphatic rings. The zero-order chi connectivity index (χ0) is 21.9. The minimum absolute atomic E-state index is 0.143. The number of rotatable bonds is 2. The fraction of sp³-hybridized carbons (Fsp3) is 0.160. The van der Waals surface area contributed by atoms with Crippen molar-refractivity contribution in [3.05, 3.63) is 89.5 Å². The molecule has 7 heteroatoms. The second-order valence-corrected chi connectivity index (χ2v) is 7.44. The van der Waals surface area contributed by atoms with Crippen LogP contribution in [0.25, 0.3) is 11.0 Å². The SMILES string of the molecule is O=C(c1ccc(F)c(C#Cc2ccccn2)c1)N1CCN(c2noc3ccccc23)CC1. The maximum absolute atomic E-state index is 14.2. The molecule has 0 spiro atoms. The van der Waals surface area contributed by atoms with Crippen LogP contribution < -0.4 is 4.90 Å². The number of nitrogens with zero attached hydrogens (tertiary/aromatic N) is 4.